The van der Waals surface area contributed by atoms with Gasteiger partial charge in [0, 0.05) is 5.39 Å². The second kappa shape index (κ2) is 5.76. The maximum Gasteiger partial charge on any atom is 0.252 e. The second-order valence-electron chi connectivity index (χ2n) is 4.90. The third-order valence-corrected chi connectivity index (χ3v) is 3.40. The van der Waals surface area contributed by atoms with Crippen LogP contribution in [0.25, 0.3) is 10.8 Å². The van der Waals surface area contributed by atoms with E-state index < -0.39 is 5.91 Å². The maximum absolute atomic E-state index is 11.5. The van der Waals surface area contributed by atoms with Gasteiger partial charge in [-0.1, -0.05) is 36.4 Å². The quantitative estimate of drug-likeness (QED) is 0.641. The number of hydrogen-bond acceptors (Lipinski definition) is 5. The van der Waals surface area contributed by atoms with Crippen molar-refractivity contribution < 1.29 is 15.0 Å². The van der Waals surface area contributed by atoms with Crippen molar-refractivity contribution >= 4 is 28.1 Å². The molecule has 0 aliphatic rings. The van der Waals surface area contributed by atoms with Crippen molar-refractivity contribution in [3.63, 3.8) is 0 Å². The summed E-state index contributed by atoms with van der Waals surface area (Å²) in [6, 6.07) is 15.0. The van der Waals surface area contributed by atoms with E-state index in [0.29, 0.717) is 10.8 Å². The van der Waals surface area contributed by atoms with E-state index in [0.717, 1.165) is 0 Å². The summed E-state index contributed by atoms with van der Waals surface area (Å²) in [6.45, 7) is 0. The lowest BCUT2D eigenvalue weighted by atomic mass is 10.0. The molecule has 6 heteroatoms. The number of phenols is 2. The topological polar surface area (TPSA) is 108 Å². The Labute approximate surface area is 131 Å². The molecule has 0 bridgehead atoms. The lowest BCUT2D eigenvalue weighted by Gasteiger charge is -2.08. The molecule has 0 aliphatic carbocycles. The first-order valence-electron chi connectivity index (χ1n) is 6.82. The number of benzene rings is 3. The maximum atomic E-state index is 11.5. The Bertz CT molecular complexity index is 936. The third kappa shape index (κ3) is 2.69. The highest BCUT2D eigenvalue weighted by atomic mass is 16.3. The van der Waals surface area contributed by atoms with Crippen LogP contribution in [0.4, 0.5) is 11.4 Å². The summed E-state index contributed by atoms with van der Waals surface area (Å²) in [4.78, 5) is 11.5. The number of amides is 1. The Morgan fingerprint density at radius 3 is 2.39 bits per heavy atom. The Balaban J connectivity index is 2.21. The number of carbonyl (C=O) groups excluding carboxylic acids is 1. The molecular formula is C17H13N3O3. The van der Waals surface area contributed by atoms with Crippen LogP contribution in [0.15, 0.2) is 64.8 Å². The molecule has 3 aromatic carbocycles. The first-order valence-corrected chi connectivity index (χ1v) is 6.82. The number of phenolic OH excluding ortho intramolecular Hbond substituents is 1. The van der Waals surface area contributed by atoms with Crippen molar-refractivity contribution in [3.05, 3.63) is 60.2 Å². The van der Waals surface area contributed by atoms with Gasteiger partial charge in [-0.05, 0) is 23.6 Å². The molecule has 0 aromatic heterocycles. The number of carbonyl (C=O) groups is 1. The minimum atomic E-state index is -0.757. The zero-order chi connectivity index (χ0) is 16.4. The van der Waals surface area contributed by atoms with Gasteiger partial charge in [-0.2, -0.15) is 0 Å². The minimum Gasteiger partial charge on any atom is -0.506 e. The molecule has 0 unspecified atom stereocenters. The van der Waals surface area contributed by atoms with E-state index in [-0.39, 0.29) is 28.4 Å². The van der Waals surface area contributed by atoms with Gasteiger partial charge in [0.2, 0.25) is 0 Å². The molecule has 4 N–H and O–H groups in total. The largest absolute Gasteiger partial charge is 0.506 e. The first-order chi connectivity index (χ1) is 11.1. The summed E-state index contributed by atoms with van der Waals surface area (Å²) in [6.07, 6.45) is 0. The monoisotopic (exact) mass is 307 g/mol. The first kappa shape index (κ1) is 14.5. The van der Waals surface area contributed by atoms with Crippen LogP contribution in [-0.4, -0.2) is 16.1 Å². The summed E-state index contributed by atoms with van der Waals surface area (Å²) in [5.41, 5.74) is 5.64. The fraction of sp³-hybridized carbons (Fsp3) is 0. The summed E-state index contributed by atoms with van der Waals surface area (Å²) in [5, 5.41) is 29.3. The lowest BCUT2D eigenvalue weighted by molar-refractivity contribution is 0.0998. The van der Waals surface area contributed by atoms with Crippen molar-refractivity contribution in [1.29, 1.82) is 0 Å². The standard InChI is InChI=1S/C17H13N3O3/c18-17(23)12-9-10-5-1-2-6-11(10)15(16(12)22)20-19-13-7-3-4-8-14(13)21/h1-9,21-22H,(H2,18,23)/b20-19+. The smallest absolute Gasteiger partial charge is 0.252 e. The van der Waals surface area contributed by atoms with Crippen molar-refractivity contribution in [2.24, 2.45) is 16.0 Å². The van der Waals surface area contributed by atoms with E-state index in [9.17, 15) is 15.0 Å². The summed E-state index contributed by atoms with van der Waals surface area (Å²) in [7, 11) is 0. The molecule has 0 saturated heterocycles. The van der Waals surface area contributed by atoms with E-state index in [1.807, 2.05) is 0 Å². The highest BCUT2D eigenvalue weighted by molar-refractivity contribution is 6.06. The SMILES string of the molecule is NC(=O)c1cc2ccccc2c(/N=N/c2ccccc2O)c1O. The molecule has 1 amide bonds. The Morgan fingerprint density at radius 2 is 1.65 bits per heavy atom. The Morgan fingerprint density at radius 1 is 0.957 bits per heavy atom. The molecule has 0 radical (unpaired) electrons. The molecule has 0 fully saturated rings. The Hall–Kier alpha value is -3.41. The molecule has 0 atom stereocenters. The summed E-state index contributed by atoms with van der Waals surface area (Å²) >= 11 is 0. The number of nitrogens with two attached hydrogens (primary N) is 1. The average molecular weight is 307 g/mol. The van der Waals surface area contributed by atoms with Crippen LogP contribution in [0.1, 0.15) is 10.4 Å². The number of primary amides is 1. The Kier molecular flexibility index (Phi) is 3.64. The molecule has 6 nitrogen and oxygen atoms in total. The predicted octanol–water partition coefficient (Wildman–Crippen LogP) is 3.77. The molecule has 23 heavy (non-hydrogen) atoms. The number of hydrogen-bond donors (Lipinski definition) is 3. The van der Waals surface area contributed by atoms with Crippen LogP contribution >= 0.6 is 0 Å². The van der Waals surface area contributed by atoms with Crippen molar-refractivity contribution in [3.8, 4) is 11.5 Å². The number of fused-ring (bicyclic) bond motifs is 1. The highest BCUT2D eigenvalue weighted by Gasteiger charge is 2.16. The number of nitrogens with zero attached hydrogens (tertiary/aromatic N) is 2. The fourth-order valence-electron chi connectivity index (χ4n) is 2.26. The molecule has 3 aromatic rings. The van der Waals surface area contributed by atoms with Crippen LogP contribution in [0.5, 0.6) is 11.5 Å². The van der Waals surface area contributed by atoms with Crippen molar-refractivity contribution in [2.75, 3.05) is 0 Å². The highest BCUT2D eigenvalue weighted by Crippen LogP contribution is 2.39. The zero-order valence-electron chi connectivity index (χ0n) is 12.0. The van der Waals surface area contributed by atoms with E-state index in [1.165, 1.54) is 12.1 Å². The van der Waals surface area contributed by atoms with Crippen LogP contribution in [0, 0.1) is 0 Å². The molecule has 3 rings (SSSR count). The van der Waals surface area contributed by atoms with E-state index in [2.05, 4.69) is 10.2 Å². The van der Waals surface area contributed by atoms with E-state index >= 15 is 0 Å². The van der Waals surface area contributed by atoms with E-state index in [4.69, 9.17) is 5.73 Å². The number of aromatic hydroxyl groups is 2. The molecule has 114 valence electrons. The normalized spacial score (nSPS) is 11.1. The van der Waals surface area contributed by atoms with Gasteiger partial charge in [0.1, 0.15) is 17.1 Å². The average Bonchev–Trinajstić information content (AvgIpc) is 2.54. The van der Waals surface area contributed by atoms with E-state index in [1.54, 1.807) is 42.5 Å². The van der Waals surface area contributed by atoms with Gasteiger partial charge in [-0.3, -0.25) is 4.79 Å². The van der Waals surface area contributed by atoms with Crippen molar-refractivity contribution in [1.82, 2.24) is 0 Å². The number of para-hydroxylation sites is 1. The minimum absolute atomic E-state index is 0.0325. The molecular weight excluding hydrogens is 294 g/mol. The van der Waals surface area contributed by atoms with Gasteiger partial charge in [0.05, 0.1) is 5.56 Å². The molecule has 0 spiro atoms. The second-order valence-corrected chi connectivity index (χ2v) is 4.90. The fourth-order valence-corrected chi connectivity index (χ4v) is 2.26. The van der Waals surface area contributed by atoms with Crippen LogP contribution in [0.3, 0.4) is 0 Å². The van der Waals surface area contributed by atoms with Gasteiger partial charge >= 0.3 is 0 Å². The lowest BCUT2D eigenvalue weighted by Crippen LogP contribution is -2.11. The van der Waals surface area contributed by atoms with Gasteiger partial charge in [0.25, 0.3) is 5.91 Å². The summed E-state index contributed by atoms with van der Waals surface area (Å²) < 4.78 is 0. The van der Waals surface area contributed by atoms with Crippen LogP contribution in [0.2, 0.25) is 0 Å². The number of azo groups is 1. The van der Waals surface area contributed by atoms with Crippen molar-refractivity contribution in [2.45, 2.75) is 0 Å². The van der Waals surface area contributed by atoms with Gasteiger partial charge in [0.15, 0.2) is 5.75 Å². The zero-order valence-corrected chi connectivity index (χ0v) is 12.0. The molecule has 0 saturated carbocycles. The van der Waals surface area contributed by atoms with Gasteiger partial charge in [-0.25, -0.2) is 0 Å². The third-order valence-electron chi connectivity index (χ3n) is 3.40. The van der Waals surface area contributed by atoms with Gasteiger partial charge in [-0.15, -0.1) is 10.2 Å². The van der Waals surface area contributed by atoms with Gasteiger partial charge < -0.3 is 15.9 Å². The molecule has 0 heterocycles. The number of rotatable bonds is 3. The predicted molar refractivity (Wildman–Crippen MR) is 86.4 cm³/mol. The molecule has 0 aliphatic heterocycles. The summed E-state index contributed by atoms with van der Waals surface area (Å²) in [5.74, 6) is -1.13. The van der Waals surface area contributed by atoms with Crippen LogP contribution in [-0.2, 0) is 0 Å². The van der Waals surface area contributed by atoms with Crippen LogP contribution < -0.4 is 5.73 Å².